The molecule has 0 saturated heterocycles. The Morgan fingerprint density at radius 2 is 2.36 bits per heavy atom. The molecule has 0 unspecified atom stereocenters. The summed E-state index contributed by atoms with van der Waals surface area (Å²) in [4.78, 5) is 3.09. The van der Waals surface area contributed by atoms with Gasteiger partial charge in [-0.15, -0.1) is 0 Å². The van der Waals surface area contributed by atoms with Gasteiger partial charge in [-0.3, -0.25) is 0 Å². The molecule has 0 aliphatic rings. The van der Waals surface area contributed by atoms with Gasteiger partial charge in [-0.25, -0.2) is 0 Å². The van der Waals surface area contributed by atoms with Crippen molar-refractivity contribution in [2.75, 3.05) is 6.61 Å². The Balaban J connectivity index is 2.59. The smallest absolute Gasteiger partial charge is 0.144 e. The molecule has 14 heavy (non-hydrogen) atoms. The van der Waals surface area contributed by atoms with Crippen LogP contribution in [0.15, 0.2) is 24.4 Å². The molecule has 2 aromatic rings. The van der Waals surface area contributed by atoms with Crippen molar-refractivity contribution in [2.45, 2.75) is 6.92 Å². The predicted molar refractivity (Wildman–Crippen MR) is 54.2 cm³/mol. The minimum absolute atomic E-state index is 0.629. The maximum atomic E-state index is 8.75. The fraction of sp³-hybridized carbons (Fsp3) is 0.182. The molecule has 1 N–H and O–H groups in total. The number of nitrogens with one attached hydrogen (secondary N) is 1. The second kappa shape index (κ2) is 3.43. The molecule has 0 bridgehead atoms. The lowest BCUT2D eigenvalue weighted by Crippen LogP contribution is -1.89. The zero-order valence-electron chi connectivity index (χ0n) is 7.87. The first-order valence-electron chi connectivity index (χ1n) is 4.49. The number of nitriles is 1. The number of hydrogen-bond donors (Lipinski definition) is 1. The van der Waals surface area contributed by atoms with Gasteiger partial charge in [0.25, 0.3) is 0 Å². The van der Waals surface area contributed by atoms with Gasteiger partial charge in [0.15, 0.2) is 0 Å². The van der Waals surface area contributed by atoms with Crippen molar-refractivity contribution in [3.8, 4) is 11.8 Å². The molecular weight excluding hydrogens is 176 g/mol. The van der Waals surface area contributed by atoms with E-state index < -0.39 is 0 Å². The molecule has 0 saturated carbocycles. The van der Waals surface area contributed by atoms with Crippen molar-refractivity contribution in [1.29, 1.82) is 5.26 Å². The normalized spacial score (nSPS) is 10.0. The molecule has 1 aromatic carbocycles. The minimum atomic E-state index is 0.629. The van der Waals surface area contributed by atoms with Gasteiger partial charge in [0, 0.05) is 17.1 Å². The molecular formula is C11H10N2O. The number of benzene rings is 1. The SMILES string of the molecule is CCOc1c[nH]c2ccc(C#N)cc12. The predicted octanol–water partition coefficient (Wildman–Crippen LogP) is 2.44. The van der Waals surface area contributed by atoms with Crippen molar-refractivity contribution < 1.29 is 4.74 Å². The first-order chi connectivity index (χ1) is 6.85. The lowest BCUT2D eigenvalue weighted by Gasteiger charge is -1.99. The van der Waals surface area contributed by atoms with Crippen LogP contribution in [0.4, 0.5) is 0 Å². The molecule has 0 atom stereocenters. The molecule has 70 valence electrons. The summed E-state index contributed by atoms with van der Waals surface area (Å²) in [6.45, 7) is 2.57. The van der Waals surface area contributed by atoms with Gasteiger partial charge in [-0.05, 0) is 25.1 Å². The lowest BCUT2D eigenvalue weighted by molar-refractivity contribution is 0.344. The molecule has 0 fully saturated rings. The van der Waals surface area contributed by atoms with E-state index in [4.69, 9.17) is 10.00 Å². The molecule has 2 rings (SSSR count). The number of H-pyrrole nitrogens is 1. The van der Waals surface area contributed by atoms with Crippen molar-refractivity contribution >= 4 is 10.9 Å². The van der Waals surface area contributed by atoms with Crippen molar-refractivity contribution in [3.63, 3.8) is 0 Å². The van der Waals surface area contributed by atoms with Gasteiger partial charge in [0.2, 0.25) is 0 Å². The fourth-order valence-corrected chi connectivity index (χ4v) is 1.44. The highest BCUT2D eigenvalue weighted by Crippen LogP contribution is 2.25. The van der Waals surface area contributed by atoms with E-state index in [2.05, 4.69) is 11.1 Å². The standard InChI is InChI=1S/C11H10N2O/c1-2-14-11-7-13-10-4-3-8(6-12)5-9(10)11/h3-5,7,13H,2H2,1H3. The van der Waals surface area contributed by atoms with E-state index in [1.165, 1.54) is 0 Å². The van der Waals surface area contributed by atoms with Crippen LogP contribution >= 0.6 is 0 Å². The second-order valence-corrected chi connectivity index (χ2v) is 2.96. The summed E-state index contributed by atoms with van der Waals surface area (Å²) >= 11 is 0. The number of aromatic amines is 1. The Hall–Kier alpha value is -1.95. The van der Waals surface area contributed by atoms with E-state index in [1.807, 2.05) is 25.3 Å². The molecule has 3 heteroatoms. The molecule has 0 aliphatic carbocycles. The van der Waals surface area contributed by atoms with Crippen LogP contribution in [0, 0.1) is 11.3 Å². The number of nitrogens with zero attached hydrogens (tertiary/aromatic N) is 1. The van der Waals surface area contributed by atoms with Crippen LogP contribution in [-0.2, 0) is 0 Å². The third-order valence-electron chi connectivity index (χ3n) is 2.07. The van der Waals surface area contributed by atoms with Crippen LogP contribution in [0.25, 0.3) is 10.9 Å². The quantitative estimate of drug-likeness (QED) is 0.783. The van der Waals surface area contributed by atoms with Crippen LogP contribution in [0.3, 0.4) is 0 Å². The van der Waals surface area contributed by atoms with Gasteiger partial charge in [0.1, 0.15) is 5.75 Å². The van der Waals surface area contributed by atoms with E-state index in [1.54, 1.807) is 6.07 Å². The third-order valence-corrected chi connectivity index (χ3v) is 2.07. The number of fused-ring (bicyclic) bond motifs is 1. The lowest BCUT2D eigenvalue weighted by atomic mass is 10.2. The maximum Gasteiger partial charge on any atom is 0.144 e. The Kier molecular flexibility index (Phi) is 2.11. The minimum Gasteiger partial charge on any atom is -0.492 e. The van der Waals surface area contributed by atoms with Gasteiger partial charge in [0.05, 0.1) is 18.2 Å². The summed E-state index contributed by atoms with van der Waals surface area (Å²) in [7, 11) is 0. The highest BCUT2D eigenvalue weighted by Gasteiger charge is 2.04. The van der Waals surface area contributed by atoms with Crippen LogP contribution in [0.2, 0.25) is 0 Å². The summed E-state index contributed by atoms with van der Waals surface area (Å²) in [5.74, 6) is 0.805. The van der Waals surface area contributed by atoms with Crippen molar-refractivity contribution in [1.82, 2.24) is 4.98 Å². The van der Waals surface area contributed by atoms with E-state index in [0.717, 1.165) is 16.7 Å². The van der Waals surface area contributed by atoms with Crippen LogP contribution in [-0.4, -0.2) is 11.6 Å². The van der Waals surface area contributed by atoms with E-state index in [-0.39, 0.29) is 0 Å². The van der Waals surface area contributed by atoms with Gasteiger partial charge in [-0.1, -0.05) is 0 Å². The summed E-state index contributed by atoms with van der Waals surface area (Å²) in [6, 6.07) is 7.61. The average Bonchev–Trinajstić information content (AvgIpc) is 2.61. The Labute approximate surface area is 81.9 Å². The molecule has 0 radical (unpaired) electrons. The molecule has 0 amide bonds. The number of aromatic nitrogens is 1. The number of ether oxygens (including phenoxy) is 1. The van der Waals surface area contributed by atoms with Crippen LogP contribution < -0.4 is 4.74 Å². The largest absolute Gasteiger partial charge is 0.492 e. The van der Waals surface area contributed by atoms with E-state index in [9.17, 15) is 0 Å². The Bertz CT molecular complexity index is 493. The van der Waals surface area contributed by atoms with Crippen molar-refractivity contribution in [3.05, 3.63) is 30.0 Å². The summed E-state index contributed by atoms with van der Waals surface area (Å²) in [6.07, 6.45) is 1.81. The summed E-state index contributed by atoms with van der Waals surface area (Å²) < 4.78 is 5.42. The Morgan fingerprint density at radius 1 is 1.50 bits per heavy atom. The van der Waals surface area contributed by atoms with Gasteiger partial charge in [-0.2, -0.15) is 5.26 Å². The first-order valence-corrected chi connectivity index (χ1v) is 4.49. The van der Waals surface area contributed by atoms with Gasteiger partial charge >= 0.3 is 0 Å². The number of rotatable bonds is 2. The third kappa shape index (κ3) is 1.31. The second-order valence-electron chi connectivity index (χ2n) is 2.96. The molecule has 1 heterocycles. The van der Waals surface area contributed by atoms with Crippen LogP contribution in [0.1, 0.15) is 12.5 Å². The molecule has 0 spiro atoms. The maximum absolute atomic E-state index is 8.75. The first kappa shape index (κ1) is 8.64. The highest BCUT2D eigenvalue weighted by molar-refractivity contribution is 5.87. The molecule has 0 aliphatic heterocycles. The monoisotopic (exact) mass is 186 g/mol. The van der Waals surface area contributed by atoms with Crippen LogP contribution in [0.5, 0.6) is 5.75 Å². The zero-order valence-corrected chi connectivity index (χ0v) is 7.87. The highest BCUT2D eigenvalue weighted by atomic mass is 16.5. The molecule has 1 aromatic heterocycles. The van der Waals surface area contributed by atoms with Gasteiger partial charge < -0.3 is 9.72 Å². The average molecular weight is 186 g/mol. The summed E-state index contributed by atoms with van der Waals surface area (Å²) in [5.41, 5.74) is 1.64. The number of hydrogen-bond acceptors (Lipinski definition) is 2. The van der Waals surface area contributed by atoms with Crippen molar-refractivity contribution in [2.24, 2.45) is 0 Å². The van der Waals surface area contributed by atoms with E-state index in [0.29, 0.717) is 12.2 Å². The summed E-state index contributed by atoms with van der Waals surface area (Å²) in [5, 5.41) is 9.72. The molecule has 3 nitrogen and oxygen atoms in total. The Morgan fingerprint density at radius 3 is 3.07 bits per heavy atom. The topological polar surface area (TPSA) is 48.8 Å². The zero-order chi connectivity index (χ0) is 9.97. The van der Waals surface area contributed by atoms with E-state index >= 15 is 0 Å². The fourth-order valence-electron chi connectivity index (χ4n) is 1.44.